The number of thiazole rings is 1. The van der Waals surface area contributed by atoms with Crippen LogP contribution in [0, 0.1) is 5.41 Å². The minimum atomic E-state index is 0.131. The molecule has 2 aromatic rings. The number of nitrogens with zero attached hydrogens (tertiary/aromatic N) is 2. The van der Waals surface area contributed by atoms with E-state index in [0.717, 1.165) is 23.4 Å². The van der Waals surface area contributed by atoms with Gasteiger partial charge in [-0.3, -0.25) is 4.98 Å². The van der Waals surface area contributed by atoms with E-state index in [4.69, 9.17) is 10.7 Å². The van der Waals surface area contributed by atoms with Gasteiger partial charge in [0.1, 0.15) is 5.01 Å². The molecule has 4 heteroatoms. The van der Waals surface area contributed by atoms with Crippen molar-refractivity contribution >= 4 is 11.3 Å². The molecule has 0 bridgehead atoms. The van der Waals surface area contributed by atoms with Gasteiger partial charge in [0.05, 0.1) is 5.69 Å². The Labute approximate surface area is 111 Å². The largest absolute Gasteiger partial charge is 0.323 e. The van der Waals surface area contributed by atoms with E-state index in [1.165, 1.54) is 10.6 Å². The third-order valence-electron chi connectivity index (χ3n) is 3.39. The first-order valence-electron chi connectivity index (χ1n) is 6.21. The summed E-state index contributed by atoms with van der Waals surface area (Å²) in [6.07, 6.45) is 5.70. The molecular formula is C14H17N3S. The van der Waals surface area contributed by atoms with Crippen molar-refractivity contribution in [3.05, 3.63) is 35.1 Å². The van der Waals surface area contributed by atoms with Gasteiger partial charge in [0, 0.05) is 28.9 Å². The zero-order valence-corrected chi connectivity index (χ0v) is 11.5. The van der Waals surface area contributed by atoms with Crippen molar-refractivity contribution in [3.8, 4) is 10.6 Å². The van der Waals surface area contributed by atoms with Crippen LogP contribution in [0.4, 0.5) is 0 Å². The highest BCUT2D eigenvalue weighted by Crippen LogP contribution is 2.43. The van der Waals surface area contributed by atoms with Crippen molar-refractivity contribution in [1.29, 1.82) is 0 Å². The molecule has 2 aromatic heterocycles. The van der Waals surface area contributed by atoms with Gasteiger partial charge in [-0.25, -0.2) is 4.98 Å². The van der Waals surface area contributed by atoms with Crippen LogP contribution in [-0.4, -0.2) is 9.97 Å². The van der Waals surface area contributed by atoms with Crippen molar-refractivity contribution in [2.45, 2.75) is 32.7 Å². The van der Waals surface area contributed by atoms with Gasteiger partial charge in [-0.1, -0.05) is 13.8 Å². The summed E-state index contributed by atoms with van der Waals surface area (Å²) in [5.74, 6) is 0. The standard InChI is InChI=1S/C14H17N3S/c1-14(2)6-10(15)12-11(7-14)17-13(18-12)9-4-3-5-16-8-9/h3-5,8,10H,6-7,15H2,1-2H3. The molecule has 0 aliphatic heterocycles. The molecule has 0 fully saturated rings. The van der Waals surface area contributed by atoms with Crippen molar-refractivity contribution in [2.75, 3.05) is 0 Å². The van der Waals surface area contributed by atoms with Gasteiger partial charge >= 0.3 is 0 Å². The molecule has 94 valence electrons. The van der Waals surface area contributed by atoms with E-state index < -0.39 is 0 Å². The van der Waals surface area contributed by atoms with Crippen molar-refractivity contribution in [3.63, 3.8) is 0 Å². The summed E-state index contributed by atoms with van der Waals surface area (Å²) in [7, 11) is 0. The fourth-order valence-electron chi connectivity index (χ4n) is 2.61. The maximum atomic E-state index is 6.27. The first kappa shape index (κ1) is 11.8. The number of hydrogen-bond acceptors (Lipinski definition) is 4. The molecule has 1 unspecified atom stereocenters. The minimum absolute atomic E-state index is 0.131. The van der Waals surface area contributed by atoms with Crippen LogP contribution in [0.15, 0.2) is 24.5 Å². The second-order valence-electron chi connectivity index (χ2n) is 5.72. The Morgan fingerprint density at radius 1 is 1.44 bits per heavy atom. The Hall–Kier alpha value is -1.26. The van der Waals surface area contributed by atoms with Gasteiger partial charge in [0.15, 0.2) is 0 Å². The van der Waals surface area contributed by atoms with Crippen molar-refractivity contribution in [1.82, 2.24) is 9.97 Å². The maximum absolute atomic E-state index is 6.27. The molecule has 1 aliphatic carbocycles. The highest BCUT2D eigenvalue weighted by atomic mass is 32.1. The molecule has 0 amide bonds. The fourth-order valence-corrected chi connectivity index (χ4v) is 3.68. The first-order valence-corrected chi connectivity index (χ1v) is 7.02. The average molecular weight is 259 g/mol. The number of aromatic nitrogens is 2. The van der Waals surface area contributed by atoms with Crippen LogP contribution in [0.1, 0.15) is 36.9 Å². The Bertz CT molecular complexity index is 560. The second kappa shape index (κ2) is 4.14. The van der Waals surface area contributed by atoms with Crippen LogP contribution < -0.4 is 5.73 Å². The van der Waals surface area contributed by atoms with Crippen LogP contribution >= 0.6 is 11.3 Å². The van der Waals surface area contributed by atoms with Gasteiger partial charge in [-0.05, 0) is 30.4 Å². The van der Waals surface area contributed by atoms with Gasteiger partial charge in [0.2, 0.25) is 0 Å². The normalized spacial score (nSPS) is 21.6. The molecule has 0 aromatic carbocycles. The lowest BCUT2D eigenvalue weighted by Crippen LogP contribution is -2.28. The summed E-state index contributed by atoms with van der Waals surface area (Å²) in [5, 5.41) is 1.04. The molecule has 0 saturated heterocycles. The van der Waals surface area contributed by atoms with Gasteiger partial charge in [-0.2, -0.15) is 0 Å². The molecule has 0 radical (unpaired) electrons. The summed E-state index contributed by atoms with van der Waals surface area (Å²) >= 11 is 1.72. The Kier molecular flexibility index (Phi) is 2.72. The van der Waals surface area contributed by atoms with Crippen molar-refractivity contribution < 1.29 is 0 Å². The van der Waals surface area contributed by atoms with Crippen LogP contribution in [-0.2, 0) is 6.42 Å². The van der Waals surface area contributed by atoms with Crippen LogP contribution in [0.5, 0.6) is 0 Å². The highest BCUT2D eigenvalue weighted by Gasteiger charge is 2.33. The summed E-state index contributed by atoms with van der Waals surface area (Å²) in [5.41, 5.74) is 8.79. The molecule has 0 spiro atoms. The molecule has 1 aliphatic rings. The third-order valence-corrected chi connectivity index (χ3v) is 4.67. The molecule has 3 rings (SSSR count). The molecule has 18 heavy (non-hydrogen) atoms. The lowest BCUT2D eigenvalue weighted by atomic mass is 9.77. The topological polar surface area (TPSA) is 51.8 Å². The van der Waals surface area contributed by atoms with E-state index in [-0.39, 0.29) is 11.5 Å². The fraction of sp³-hybridized carbons (Fsp3) is 0.429. The van der Waals surface area contributed by atoms with Crippen LogP contribution in [0.25, 0.3) is 10.6 Å². The molecule has 2 heterocycles. The number of fused-ring (bicyclic) bond motifs is 1. The highest BCUT2D eigenvalue weighted by molar-refractivity contribution is 7.15. The number of rotatable bonds is 1. The zero-order valence-electron chi connectivity index (χ0n) is 10.7. The molecule has 3 nitrogen and oxygen atoms in total. The van der Waals surface area contributed by atoms with Gasteiger partial charge < -0.3 is 5.73 Å². The van der Waals surface area contributed by atoms with Crippen LogP contribution in [0.2, 0.25) is 0 Å². The predicted molar refractivity (Wildman–Crippen MR) is 74.4 cm³/mol. The van der Waals surface area contributed by atoms with Crippen molar-refractivity contribution in [2.24, 2.45) is 11.1 Å². The summed E-state index contributed by atoms with van der Waals surface area (Å²) < 4.78 is 0. The number of pyridine rings is 1. The number of hydrogen-bond donors (Lipinski definition) is 1. The zero-order chi connectivity index (χ0) is 12.8. The van der Waals surface area contributed by atoms with E-state index in [9.17, 15) is 0 Å². The number of nitrogens with two attached hydrogens (primary N) is 1. The van der Waals surface area contributed by atoms with E-state index in [1.807, 2.05) is 18.3 Å². The van der Waals surface area contributed by atoms with Gasteiger partial charge in [0.25, 0.3) is 0 Å². The first-order chi connectivity index (χ1) is 8.55. The van der Waals surface area contributed by atoms with Crippen LogP contribution in [0.3, 0.4) is 0 Å². The van der Waals surface area contributed by atoms with E-state index in [0.29, 0.717) is 0 Å². The third kappa shape index (κ3) is 2.06. The van der Waals surface area contributed by atoms with Gasteiger partial charge in [-0.15, -0.1) is 11.3 Å². The van der Waals surface area contributed by atoms with E-state index in [2.05, 4.69) is 18.8 Å². The molecular weight excluding hydrogens is 242 g/mol. The van der Waals surface area contributed by atoms with E-state index >= 15 is 0 Å². The monoisotopic (exact) mass is 259 g/mol. The SMILES string of the molecule is CC1(C)Cc2nc(-c3cccnc3)sc2C(N)C1. The smallest absolute Gasteiger partial charge is 0.125 e. The summed E-state index contributed by atoms with van der Waals surface area (Å²) in [6.45, 7) is 4.53. The predicted octanol–water partition coefficient (Wildman–Crippen LogP) is 3.18. The summed E-state index contributed by atoms with van der Waals surface area (Å²) in [6, 6.07) is 4.12. The molecule has 0 saturated carbocycles. The average Bonchev–Trinajstić information content (AvgIpc) is 2.72. The molecule has 2 N–H and O–H groups in total. The minimum Gasteiger partial charge on any atom is -0.323 e. The lowest BCUT2D eigenvalue weighted by molar-refractivity contribution is 0.282. The second-order valence-corrected chi connectivity index (χ2v) is 6.75. The Morgan fingerprint density at radius 2 is 2.28 bits per heavy atom. The lowest BCUT2D eigenvalue weighted by Gasteiger charge is -2.32. The van der Waals surface area contributed by atoms with E-state index in [1.54, 1.807) is 17.5 Å². The molecule has 1 atom stereocenters. The summed E-state index contributed by atoms with van der Waals surface area (Å²) in [4.78, 5) is 10.2. The quantitative estimate of drug-likeness (QED) is 0.855. The maximum Gasteiger partial charge on any atom is 0.125 e. The Balaban J connectivity index is 2.03. The Morgan fingerprint density at radius 3 is 3.00 bits per heavy atom.